The van der Waals surface area contributed by atoms with Crippen molar-refractivity contribution in [2.45, 2.75) is 84.0 Å². The molecular weight excluding hydrogens is 254 g/mol. The third kappa shape index (κ3) is 11.1. The minimum absolute atomic E-state index is 0.0877. The van der Waals surface area contributed by atoms with Crippen LogP contribution in [0.2, 0.25) is 0 Å². The molecule has 0 unspecified atom stereocenters. The van der Waals surface area contributed by atoms with Crippen molar-refractivity contribution in [3.8, 4) is 0 Å². The van der Waals surface area contributed by atoms with E-state index in [0.29, 0.717) is 6.42 Å². The first-order chi connectivity index (χ1) is 9.68. The van der Waals surface area contributed by atoms with E-state index in [2.05, 4.69) is 6.92 Å². The van der Waals surface area contributed by atoms with E-state index in [9.17, 15) is 14.8 Å². The van der Waals surface area contributed by atoms with Crippen molar-refractivity contribution in [1.29, 1.82) is 0 Å². The number of amides is 2. The molecule has 0 aliphatic carbocycles. The van der Waals surface area contributed by atoms with Crippen molar-refractivity contribution in [3.05, 3.63) is 5.21 Å². The molecule has 0 spiro atoms. The first-order valence-electron chi connectivity index (χ1n) is 8.19. The Bertz CT molecular complexity index is 236. The number of rotatable bonds is 15. The number of hydroxylamine groups is 3. The van der Waals surface area contributed by atoms with Crippen LogP contribution in [0.25, 0.3) is 0 Å². The van der Waals surface area contributed by atoms with E-state index in [-0.39, 0.29) is 19.4 Å². The second-order valence-electron chi connectivity index (χ2n) is 5.68. The van der Waals surface area contributed by atoms with Gasteiger partial charge in [0, 0.05) is 0 Å². The van der Waals surface area contributed by atoms with Gasteiger partial charge in [0.15, 0.2) is 0 Å². The molecule has 0 radical (unpaired) electrons. The zero-order chi connectivity index (χ0) is 15.1. The van der Waals surface area contributed by atoms with Crippen LogP contribution in [-0.4, -0.2) is 24.0 Å². The summed E-state index contributed by atoms with van der Waals surface area (Å²) in [5, 5.41) is 11.3. The van der Waals surface area contributed by atoms with E-state index in [0.717, 1.165) is 12.8 Å². The molecule has 0 saturated carbocycles. The van der Waals surface area contributed by atoms with E-state index in [1.807, 2.05) is 0 Å². The summed E-state index contributed by atoms with van der Waals surface area (Å²) >= 11 is 0. The zero-order valence-corrected chi connectivity index (χ0v) is 13.0. The predicted molar refractivity (Wildman–Crippen MR) is 81.7 cm³/mol. The van der Waals surface area contributed by atoms with Gasteiger partial charge in [-0.25, -0.2) is 14.2 Å². The molecule has 20 heavy (non-hydrogen) atoms. The maximum atomic E-state index is 11.3. The fraction of sp³-hybridized carbons (Fsp3) is 0.875. The van der Waals surface area contributed by atoms with Gasteiger partial charge < -0.3 is 5.21 Å². The molecule has 0 aromatic heterocycles. The molecule has 4 nitrogen and oxygen atoms in total. The number of unbranched alkanes of at least 4 members (excludes halogenated alkanes) is 11. The number of hydrogen-bond donors (Lipinski definition) is 0. The quantitative estimate of drug-likeness (QED) is 0.195. The average Bonchev–Trinajstić information content (AvgIpc) is 2.48. The summed E-state index contributed by atoms with van der Waals surface area (Å²) in [5.74, 6) is 0. The Morgan fingerprint density at radius 1 is 0.700 bits per heavy atom. The first-order valence-corrected chi connectivity index (χ1v) is 8.19. The molecule has 2 amide bonds. The molecular formula is C16H31NO3. The van der Waals surface area contributed by atoms with E-state index in [4.69, 9.17) is 0 Å². The maximum Gasteiger partial charge on any atom is 0.308 e. The second kappa shape index (κ2) is 13.3. The summed E-state index contributed by atoms with van der Waals surface area (Å²) < 4.78 is -1.35. The summed E-state index contributed by atoms with van der Waals surface area (Å²) in [6.45, 7) is 2.32. The van der Waals surface area contributed by atoms with Crippen LogP contribution in [-0.2, 0) is 9.59 Å². The number of carbonyl (C=O) groups is 2. The molecule has 0 atom stereocenters. The van der Waals surface area contributed by atoms with E-state index in [1.54, 1.807) is 0 Å². The van der Waals surface area contributed by atoms with E-state index in [1.165, 1.54) is 57.8 Å². The molecule has 0 rings (SSSR count). The summed E-state index contributed by atoms with van der Waals surface area (Å²) in [7, 11) is 0. The highest BCUT2D eigenvalue weighted by Gasteiger charge is 2.13. The lowest BCUT2D eigenvalue weighted by molar-refractivity contribution is -0.705. The monoisotopic (exact) mass is 285 g/mol. The molecule has 0 saturated heterocycles. The number of imide groups is 1. The average molecular weight is 285 g/mol. The molecule has 0 bridgehead atoms. The molecule has 0 heterocycles. The minimum Gasteiger partial charge on any atom is -0.618 e. The summed E-state index contributed by atoms with van der Waals surface area (Å²) in [6, 6.07) is 0. The summed E-state index contributed by atoms with van der Waals surface area (Å²) in [5.41, 5.74) is 0. The van der Waals surface area contributed by atoms with Gasteiger partial charge in [0.2, 0.25) is 0 Å². The Balaban J connectivity index is 3.21. The van der Waals surface area contributed by atoms with E-state index < -0.39 is 4.65 Å². The SMILES string of the molecule is CCCCCCCCCCCCCC[N+]([O-])(C=O)C=O. The molecule has 0 aliphatic heterocycles. The van der Waals surface area contributed by atoms with Crippen LogP contribution in [0, 0.1) is 5.21 Å². The van der Waals surface area contributed by atoms with Gasteiger partial charge in [0.05, 0.1) is 6.54 Å². The van der Waals surface area contributed by atoms with Crippen molar-refractivity contribution in [3.63, 3.8) is 0 Å². The second-order valence-corrected chi connectivity index (χ2v) is 5.68. The van der Waals surface area contributed by atoms with Crippen molar-refractivity contribution in [2.75, 3.05) is 6.54 Å². The molecule has 4 heteroatoms. The third-order valence-corrected chi connectivity index (χ3v) is 3.72. The highest BCUT2D eigenvalue weighted by molar-refractivity contribution is 5.55. The van der Waals surface area contributed by atoms with Crippen molar-refractivity contribution < 1.29 is 14.2 Å². The number of nitrogens with zero attached hydrogens (tertiary/aromatic N) is 1. The fourth-order valence-corrected chi connectivity index (χ4v) is 2.33. The standard InChI is InChI=1S/C16H31NO3/c1-2-3-4-5-6-7-8-9-10-11-12-13-14-17(20,15-18)16-19/h15-16H,2-14H2,1H3. The lowest BCUT2D eigenvalue weighted by Crippen LogP contribution is -2.39. The molecule has 0 fully saturated rings. The van der Waals surface area contributed by atoms with Gasteiger partial charge in [-0.3, -0.25) is 0 Å². The molecule has 0 aliphatic rings. The lowest BCUT2D eigenvalue weighted by atomic mass is 10.1. The highest BCUT2D eigenvalue weighted by atomic mass is 16.6. The summed E-state index contributed by atoms with van der Waals surface area (Å²) in [4.78, 5) is 20.8. The predicted octanol–water partition coefficient (Wildman–Crippen LogP) is 4.31. The Kier molecular flexibility index (Phi) is 12.8. The molecule has 0 aromatic carbocycles. The van der Waals surface area contributed by atoms with Gasteiger partial charge in [-0.1, -0.05) is 71.1 Å². The molecule has 0 aromatic rings. The summed E-state index contributed by atoms with van der Waals surface area (Å²) in [6.07, 6.45) is 14.9. The number of quaternary nitrogens is 1. The molecule has 118 valence electrons. The number of carbonyl (C=O) groups excluding carboxylic acids is 2. The van der Waals surface area contributed by atoms with Crippen LogP contribution in [0.1, 0.15) is 84.0 Å². The van der Waals surface area contributed by atoms with Gasteiger partial charge in [-0.05, 0) is 12.8 Å². The Hall–Kier alpha value is -0.740. The first kappa shape index (κ1) is 19.3. The van der Waals surface area contributed by atoms with Crippen LogP contribution in [0.4, 0.5) is 0 Å². The van der Waals surface area contributed by atoms with Gasteiger partial charge >= 0.3 is 12.8 Å². The van der Waals surface area contributed by atoms with Gasteiger partial charge in [0.25, 0.3) is 0 Å². The third-order valence-electron chi connectivity index (χ3n) is 3.72. The smallest absolute Gasteiger partial charge is 0.308 e. The van der Waals surface area contributed by atoms with Crippen molar-refractivity contribution in [2.24, 2.45) is 0 Å². The highest BCUT2D eigenvalue weighted by Crippen LogP contribution is 2.12. The Morgan fingerprint density at radius 2 is 1.05 bits per heavy atom. The van der Waals surface area contributed by atoms with Crippen LogP contribution in [0.3, 0.4) is 0 Å². The van der Waals surface area contributed by atoms with Crippen LogP contribution in [0.15, 0.2) is 0 Å². The van der Waals surface area contributed by atoms with Crippen LogP contribution >= 0.6 is 0 Å². The van der Waals surface area contributed by atoms with Gasteiger partial charge in [-0.15, -0.1) is 0 Å². The molecule has 0 N–H and O–H groups in total. The van der Waals surface area contributed by atoms with Crippen molar-refractivity contribution in [1.82, 2.24) is 0 Å². The van der Waals surface area contributed by atoms with Crippen LogP contribution in [0.5, 0.6) is 0 Å². The van der Waals surface area contributed by atoms with E-state index >= 15 is 0 Å². The maximum absolute atomic E-state index is 11.3. The normalized spacial score (nSPS) is 11.5. The fourth-order valence-electron chi connectivity index (χ4n) is 2.33. The van der Waals surface area contributed by atoms with Gasteiger partial charge in [-0.2, -0.15) is 0 Å². The number of hydrogen-bond acceptors (Lipinski definition) is 3. The lowest BCUT2D eigenvalue weighted by Gasteiger charge is -2.27. The Labute approximate surface area is 123 Å². The largest absolute Gasteiger partial charge is 0.618 e. The Morgan fingerprint density at radius 3 is 1.40 bits per heavy atom. The zero-order valence-electron chi connectivity index (χ0n) is 13.0. The van der Waals surface area contributed by atoms with Crippen LogP contribution < -0.4 is 0 Å². The van der Waals surface area contributed by atoms with Gasteiger partial charge in [0.1, 0.15) is 0 Å². The topological polar surface area (TPSA) is 57.2 Å². The minimum atomic E-state index is -1.35. The van der Waals surface area contributed by atoms with Crippen molar-refractivity contribution >= 4 is 12.8 Å².